The predicted molar refractivity (Wildman–Crippen MR) is 137 cm³/mol. The first-order chi connectivity index (χ1) is 14.5. The molecule has 0 saturated carbocycles. The van der Waals surface area contributed by atoms with Crippen molar-refractivity contribution in [1.82, 2.24) is 0 Å². The lowest BCUT2D eigenvalue weighted by molar-refractivity contribution is -0.111. The number of hydrogen-bond acceptors (Lipinski definition) is 2. The molecule has 3 aromatic rings. The van der Waals surface area contributed by atoms with Crippen LogP contribution in [0.1, 0.15) is 36.1 Å². The van der Waals surface area contributed by atoms with Crippen LogP contribution in [0.5, 0.6) is 0 Å². The van der Waals surface area contributed by atoms with Crippen LogP contribution in [0.3, 0.4) is 0 Å². The van der Waals surface area contributed by atoms with E-state index in [0.717, 1.165) is 28.7 Å². The number of carbonyl (C=O) groups is 1. The zero-order valence-electron chi connectivity index (χ0n) is 18.1. The third-order valence-corrected chi connectivity index (χ3v) is 5.79. The van der Waals surface area contributed by atoms with Crippen molar-refractivity contribution in [3.8, 4) is 0 Å². The zero-order valence-corrected chi connectivity index (χ0v) is 19.9. The van der Waals surface area contributed by atoms with Gasteiger partial charge in [0.1, 0.15) is 0 Å². The molecule has 0 N–H and O–H groups in total. The smallest absolute Gasteiger partial charge is 0.161 e. The fourth-order valence-electron chi connectivity index (χ4n) is 3.05. The van der Waals surface area contributed by atoms with E-state index in [-0.39, 0.29) is 5.78 Å². The molecule has 3 heteroatoms. The molecule has 0 spiro atoms. The monoisotopic (exact) mass is 432 g/mol. The highest BCUT2D eigenvalue weighted by Crippen LogP contribution is 2.28. The fourth-order valence-corrected chi connectivity index (χ4v) is 3.77. The summed E-state index contributed by atoms with van der Waals surface area (Å²) in [6, 6.07) is 26.8. The maximum atomic E-state index is 12.2. The van der Waals surface area contributed by atoms with Crippen molar-refractivity contribution in [2.45, 2.75) is 32.1 Å². The molecule has 1 nitrogen and oxygen atoms in total. The molecule has 0 aromatic heterocycles. The molecule has 0 aliphatic rings. The number of thioether (sulfide) groups is 1. The zero-order chi connectivity index (χ0) is 21.9. The highest BCUT2D eigenvalue weighted by molar-refractivity contribution is 7.98. The van der Waals surface area contributed by atoms with Crippen LogP contribution >= 0.6 is 20.6 Å². The van der Waals surface area contributed by atoms with Gasteiger partial charge in [0, 0.05) is 10.5 Å². The van der Waals surface area contributed by atoms with Gasteiger partial charge in [0.05, 0.1) is 0 Å². The topological polar surface area (TPSA) is 17.1 Å². The molecule has 0 saturated heterocycles. The maximum Gasteiger partial charge on any atom is 0.161 e. The lowest BCUT2D eigenvalue weighted by atomic mass is 9.93. The van der Waals surface area contributed by atoms with E-state index in [4.69, 9.17) is 0 Å². The number of ketones is 1. The minimum atomic E-state index is 0.0577. The van der Waals surface area contributed by atoms with E-state index in [1.807, 2.05) is 43.1 Å². The standard InChI is InChI=1S/C19H19OPS.C8H10/c1-13-4-6-16(7-5-13)19(14(2)20)18(12-21)15-8-10-17(22-3)11-9-15;1-2-8-6-4-3-5-7-8/h4-12,21H,1-3H3;3-7H,2H2,1H3/b19-18-;. The largest absolute Gasteiger partial charge is 0.294 e. The number of rotatable bonds is 6. The summed E-state index contributed by atoms with van der Waals surface area (Å²) in [5.41, 5.74) is 6.19. The minimum Gasteiger partial charge on any atom is -0.294 e. The van der Waals surface area contributed by atoms with Gasteiger partial charge in [0.25, 0.3) is 0 Å². The first-order valence-corrected chi connectivity index (χ1v) is 11.8. The van der Waals surface area contributed by atoms with Gasteiger partial charge < -0.3 is 0 Å². The number of benzene rings is 3. The fraction of sp³-hybridized carbons (Fsp3) is 0.185. The van der Waals surface area contributed by atoms with E-state index < -0.39 is 0 Å². The number of aryl methyl sites for hydroxylation is 2. The molecule has 0 fully saturated rings. The summed E-state index contributed by atoms with van der Waals surface area (Å²) in [5, 5.41) is 0. The number of hydrogen-bond donors (Lipinski definition) is 0. The van der Waals surface area contributed by atoms with Crippen LogP contribution in [-0.4, -0.2) is 17.8 Å². The normalized spacial score (nSPS) is 11.1. The van der Waals surface area contributed by atoms with E-state index in [2.05, 4.69) is 70.6 Å². The summed E-state index contributed by atoms with van der Waals surface area (Å²) >= 11 is 1.70. The number of allylic oxidation sites excluding steroid dienone is 2. The highest BCUT2D eigenvalue weighted by atomic mass is 32.2. The number of carbonyl (C=O) groups excluding carboxylic acids is 1. The Kier molecular flexibility index (Phi) is 9.80. The van der Waals surface area contributed by atoms with Crippen molar-refractivity contribution in [1.29, 1.82) is 0 Å². The summed E-state index contributed by atoms with van der Waals surface area (Å²) in [6.45, 7) is 5.82. The van der Waals surface area contributed by atoms with Crippen LogP contribution in [0, 0.1) is 6.92 Å². The SMILES string of the molecule is CCc1ccccc1.CSc1ccc(/C(C=P)=C(/C(C)=O)c2ccc(C)cc2)cc1. The first kappa shape index (κ1) is 23.9. The second-order valence-electron chi connectivity index (χ2n) is 6.92. The lowest BCUT2D eigenvalue weighted by Crippen LogP contribution is -2.01. The van der Waals surface area contributed by atoms with Crippen LogP contribution in [0.2, 0.25) is 0 Å². The van der Waals surface area contributed by atoms with E-state index in [1.54, 1.807) is 18.7 Å². The summed E-state index contributed by atoms with van der Waals surface area (Å²) in [6.07, 6.45) is 3.19. The molecule has 3 rings (SSSR count). The highest BCUT2D eigenvalue weighted by Gasteiger charge is 2.14. The van der Waals surface area contributed by atoms with Gasteiger partial charge in [-0.25, -0.2) is 0 Å². The van der Waals surface area contributed by atoms with Gasteiger partial charge in [-0.1, -0.05) is 79.2 Å². The molecule has 0 atom stereocenters. The molecule has 0 unspecified atom stereocenters. The Balaban J connectivity index is 0.000000335. The van der Waals surface area contributed by atoms with Gasteiger partial charge in [-0.15, -0.1) is 20.6 Å². The molecular weight excluding hydrogens is 403 g/mol. The first-order valence-electron chi connectivity index (χ1n) is 10.0. The van der Waals surface area contributed by atoms with Gasteiger partial charge >= 0.3 is 0 Å². The van der Waals surface area contributed by atoms with Crippen molar-refractivity contribution in [2.75, 3.05) is 6.26 Å². The Morgan fingerprint density at radius 1 is 0.900 bits per heavy atom. The van der Waals surface area contributed by atoms with Gasteiger partial charge in [-0.2, -0.15) is 0 Å². The quantitative estimate of drug-likeness (QED) is 0.175. The van der Waals surface area contributed by atoms with Gasteiger partial charge in [0.15, 0.2) is 5.78 Å². The Bertz CT molecular complexity index is 987. The molecule has 154 valence electrons. The van der Waals surface area contributed by atoms with E-state index in [0.29, 0.717) is 0 Å². The third-order valence-electron chi connectivity index (χ3n) is 4.76. The summed E-state index contributed by atoms with van der Waals surface area (Å²) in [5.74, 6) is 1.88. The molecule has 0 aliphatic heterocycles. The molecule has 0 bridgehead atoms. The second kappa shape index (κ2) is 12.3. The van der Waals surface area contributed by atoms with Crippen LogP contribution in [0.15, 0.2) is 83.8 Å². The van der Waals surface area contributed by atoms with Crippen molar-refractivity contribution in [2.24, 2.45) is 0 Å². The molecule has 0 aliphatic carbocycles. The summed E-state index contributed by atoms with van der Waals surface area (Å²) < 4.78 is 0. The van der Waals surface area contributed by atoms with Gasteiger partial charge in [-0.3, -0.25) is 4.79 Å². The van der Waals surface area contributed by atoms with Crippen LogP contribution < -0.4 is 0 Å². The van der Waals surface area contributed by atoms with Crippen molar-refractivity contribution in [3.63, 3.8) is 0 Å². The molecule has 0 radical (unpaired) electrons. The van der Waals surface area contributed by atoms with Crippen molar-refractivity contribution in [3.05, 3.63) is 101 Å². The number of Topliss-reactive ketones (excluding diaryl/α,β-unsaturated/α-hetero) is 1. The lowest BCUT2D eigenvalue weighted by Gasteiger charge is -2.12. The predicted octanol–water partition coefficient (Wildman–Crippen LogP) is 7.41. The molecular formula is C27H29OPS. The molecule has 0 amide bonds. The van der Waals surface area contributed by atoms with Crippen molar-refractivity contribution >= 4 is 43.4 Å². The van der Waals surface area contributed by atoms with Crippen LogP contribution in [0.25, 0.3) is 11.1 Å². The molecule has 3 aromatic carbocycles. The molecule has 30 heavy (non-hydrogen) atoms. The maximum absolute atomic E-state index is 12.2. The average molecular weight is 433 g/mol. The van der Waals surface area contributed by atoms with Gasteiger partial charge in [0.2, 0.25) is 0 Å². The Hall–Kier alpha value is -2.41. The Morgan fingerprint density at radius 2 is 1.47 bits per heavy atom. The van der Waals surface area contributed by atoms with E-state index in [1.165, 1.54) is 16.0 Å². The minimum absolute atomic E-state index is 0.0577. The second-order valence-corrected chi connectivity index (χ2v) is 8.09. The average Bonchev–Trinajstić information content (AvgIpc) is 2.79. The Labute approximate surface area is 187 Å². The van der Waals surface area contributed by atoms with Crippen molar-refractivity contribution < 1.29 is 4.79 Å². The summed E-state index contributed by atoms with van der Waals surface area (Å²) in [4.78, 5) is 13.4. The van der Waals surface area contributed by atoms with Gasteiger partial charge in [-0.05, 0) is 66.7 Å². The van der Waals surface area contributed by atoms with E-state index in [9.17, 15) is 4.79 Å². The van der Waals surface area contributed by atoms with Crippen LogP contribution in [0.4, 0.5) is 0 Å². The third kappa shape index (κ3) is 6.83. The summed E-state index contributed by atoms with van der Waals surface area (Å²) in [7, 11) is 3.48. The Morgan fingerprint density at radius 3 is 1.90 bits per heavy atom. The molecule has 0 heterocycles. The van der Waals surface area contributed by atoms with E-state index >= 15 is 0 Å². The van der Waals surface area contributed by atoms with Crippen LogP contribution in [-0.2, 0) is 11.2 Å².